The SMILES string of the molecule is CC(C)CC(C)(C)CN. The van der Waals surface area contributed by atoms with Crippen molar-refractivity contribution in [1.29, 1.82) is 0 Å². The van der Waals surface area contributed by atoms with Gasteiger partial charge in [0.05, 0.1) is 0 Å². The summed E-state index contributed by atoms with van der Waals surface area (Å²) < 4.78 is 0. The minimum Gasteiger partial charge on any atom is -0.330 e. The van der Waals surface area contributed by atoms with Crippen molar-refractivity contribution in [3.63, 3.8) is 0 Å². The zero-order chi connectivity index (χ0) is 7.49. The zero-order valence-corrected chi connectivity index (χ0v) is 7.07. The average Bonchev–Trinajstić information content (AvgIpc) is 1.63. The highest BCUT2D eigenvalue weighted by atomic mass is 14.6. The number of nitrogens with two attached hydrogens (primary N) is 1. The van der Waals surface area contributed by atoms with Crippen molar-refractivity contribution in [2.45, 2.75) is 34.1 Å². The lowest BCUT2D eigenvalue weighted by atomic mass is 9.84. The third kappa shape index (κ3) is 4.46. The van der Waals surface area contributed by atoms with Crippen molar-refractivity contribution in [2.75, 3.05) is 6.54 Å². The van der Waals surface area contributed by atoms with Crippen LogP contribution in [-0.2, 0) is 0 Å². The van der Waals surface area contributed by atoms with E-state index in [1.807, 2.05) is 0 Å². The van der Waals surface area contributed by atoms with Gasteiger partial charge in [0.25, 0.3) is 0 Å². The van der Waals surface area contributed by atoms with Gasteiger partial charge in [0, 0.05) is 0 Å². The minimum absolute atomic E-state index is 0.341. The second kappa shape index (κ2) is 3.21. The first-order valence-electron chi connectivity index (χ1n) is 3.68. The molecule has 9 heavy (non-hydrogen) atoms. The Kier molecular flexibility index (Phi) is 3.20. The van der Waals surface area contributed by atoms with Crippen LogP contribution in [0.3, 0.4) is 0 Å². The second-order valence-corrected chi connectivity index (χ2v) is 3.97. The summed E-state index contributed by atoms with van der Waals surface area (Å²) in [5.74, 6) is 0.767. The first-order chi connectivity index (χ1) is 3.98. The van der Waals surface area contributed by atoms with Crippen LogP contribution in [0.2, 0.25) is 0 Å². The molecule has 0 heterocycles. The summed E-state index contributed by atoms with van der Waals surface area (Å²) in [5.41, 5.74) is 5.90. The molecule has 1 heteroatoms. The van der Waals surface area contributed by atoms with Gasteiger partial charge in [-0.2, -0.15) is 0 Å². The molecule has 0 aliphatic carbocycles. The van der Waals surface area contributed by atoms with Crippen molar-refractivity contribution in [3.05, 3.63) is 0 Å². The third-order valence-electron chi connectivity index (χ3n) is 1.51. The zero-order valence-electron chi connectivity index (χ0n) is 7.07. The molecule has 2 N–H and O–H groups in total. The molecule has 56 valence electrons. The van der Waals surface area contributed by atoms with Crippen LogP contribution in [0.5, 0.6) is 0 Å². The lowest BCUT2D eigenvalue weighted by Crippen LogP contribution is -2.24. The minimum atomic E-state index is 0.341. The van der Waals surface area contributed by atoms with E-state index in [2.05, 4.69) is 27.7 Å². The van der Waals surface area contributed by atoms with Gasteiger partial charge in [0.2, 0.25) is 0 Å². The van der Waals surface area contributed by atoms with Gasteiger partial charge in [0.15, 0.2) is 0 Å². The maximum atomic E-state index is 5.55. The summed E-state index contributed by atoms with van der Waals surface area (Å²) >= 11 is 0. The van der Waals surface area contributed by atoms with E-state index in [0.29, 0.717) is 5.41 Å². The predicted octanol–water partition coefficient (Wildman–Crippen LogP) is 2.02. The van der Waals surface area contributed by atoms with Crippen molar-refractivity contribution < 1.29 is 0 Å². The molecule has 0 rings (SSSR count). The Morgan fingerprint density at radius 2 is 1.78 bits per heavy atom. The van der Waals surface area contributed by atoms with E-state index in [1.54, 1.807) is 0 Å². The van der Waals surface area contributed by atoms with Crippen LogP contribution in [-0.4, -0.2) is 6.54 Å². The Balaban J connectivity index is 3.58. The molecule has 0 fully saturated rings. The fourth-order valence-corrected chi connectivity index (χ4v) is 1.19. The first-order valence-corrected chi connectivity index (χ1v) is 3.68. The molecule has 0 aliphatic rings. The summed E-state index contributed by atoms with van der Waals surface area (Å²) in [6.45, 7) is 9.69. The van der Waals surface area contributed by atoms with E-state index in [-0.39, 0.29) is 0 Å². The number of rotatable bonds is 3. The summed E-state index contributed by atoms with van der Waals surface area (Å²) in [4.78, 5) is 0. The molecule has 0 saturated heterocycles. The first kappa shape index (κ1) is 8.96. The van der Waals surface area contributed by atoms with Crippen molar-refractivity contribution in [3.8, 4) is 0 Å². The predicted molar refractivity (Wildman–Crippen MR) is 42.3 cm³/mol. The Morgan fingerprint density at radius 1 is 1.33 bits per heavy atom. The molecular weight excluding hydrogens is 110 g/mol. The molecule has 0 unspecified atom stereocenters. The van der Waals surface area contributed by atoms with E-state index in [1.165, 1.54) is 6.42 Å². The molecule has 0 atom stereocenters. The summed E-state index contributed by atoms with van der Waals surface area (Å²) in [5, 5.41) is 0. The summed E-state index contributed by atoms with van der Waals surface area (Å²) in [6.07, 6.45) is 1.23. The van der Waals surface area contributed by atoms with Gasteiger partial charge in [-0.25, -0.2) is 0 Å². The van der Waals surface area contributed by atoms with E-state index < -0.39 is 0 Å². The Bertz CT molecular complexity index is 74.6. The number of hydrogen-bond donors (Lipinski definition) is 1. The Labute approximate surface area is 58.6 Å². The highest BCUT2D eigenvalue weighted by Crippen LogP contribution is 2.22. The Morgan fingerprint density at radius 3 is 1.89 bits per heavy atom. The fourth-order valence-electron chi connectivity index (χ4n) is 1.19. The molecule has 0 saturated carbocycles. The normalized spacial score (nSPS) is 12.7. The number of hydrogen-bond acceptors (Lipinski definition) is 1. The molecule has 0 aromatic heterocycles. The standard InChI is InChI=1S/C8H19N/c1-7(2)5-8(3,4)6-9/h7H,5-6,9H2,1-4H3. The molecule has 0 spiro atoms. The molecule has 0 aliphatic heterocycles. The van der Waals surface area contributed by atoms with Gasteiger partial charge in [-0.15, -0.1) is 0 Å². The smallest absolute Gasteiger partial charge is 0.00257 e. The van der Waals surface area contributed by atoms with Gasteiger partial charge in [-0.3, -0.25) is 0 Å². The topological polar surface area (TPSA) is 26.0 Å². The summed E-state index contributed by atoms with van der Waals surface area (Å²) in [6, 6.07) is 0. The van der Waals surface area contributed by atoms with Crippen LogP contribution >= 0.6 is 0 Å². The highest BCUT2D eigenvalue weighted by Gasteiger charge is 2.16. The molecule has 0 bridgehead atoms. The largest absolute Gasteiger partial charge is 0.330 e. The van der Waals surface area contributed by atoms with Crippen LogP contribution in [0.25, 0.3) is 0 Å². The quantitative estimate of drug-likeness (QED) is 0.620. The Hall–Kier alpha value is -0.0400. The molecule has 0 aromatic carbocycles. The van der Waals surface area contributed by atoms with E-state index in [9.17, 15) is 0 Å². The van der Waals surface area contributed by atoms with Gasteiger partial charge in [-0.05, 0) is 24.3 Å². The van der Waals surface area contributed by atoms with Crippen molar-refractivity contribution in [1.82, 2.24) is 0 Å². The molecule has 1 nitrogen and oxygen atoms in total. The van der Waals surface area contributed by atoms with Crippen LogP contribution in [0.4, 0.5) is 0 Å². The highest BCUT2D eigenvalue weighted by molar-refractivity contribution is 4.70. The lowest BCUT2D eigenvalue weighted by Gasteiger charge is -2.24. The van der Waals surface area contributed by atoms with E-state index in [4.69, 9.17) is 5.73 Å². The average molecular weight is 129 g/mol. The van der Waals surface area contributed by atoms with Gasteiger partial charge >= 0.3 is 0 Å². The van der Waals surface area contributed by atoms with Gasteiger partial charge < -0.3 is 5.73 Å². The van der Waals surface area contributed by atoms with Crippen LogP contribution in [0.15, 0.2) is 0 Å². The molecule has 0 amide bonds. The van der Waals surface area contributed by atoms with Crippen LogP contribution < -0.4 is 5.73 Å². The van der Waals surface area contributed by atoms with Gasteiger partial charge in [-0.1, -0.05) is 27.7 Å². The van der Waals surface area contributed by atoms with E-state index in [0.717, 1.165) is 12.5 Å². The van der Waals surface area contributed by atoms with Crippen molar-refractivity contribution in [2.24, 2.45) is 17.1 Å². The summed E-state index contributed by atoms with van der Waals surface area (Å²) in [7, 11) is 0. The maximum absolute atomic E-state index is 5.55. The van der Waals surface area contributed by atoms with Crippen LogP contribution in [0, 0.1) is 11.3 Å². The van der Waals surface area contributed by atoms with Crippen LogP contribution in [0.1, 0.15) is 34.1 Å². The monoisotopic (exact) mass is 129 g/mol. The molecule has 0 radical (unpaired) electrons. The van der Waals surface area contributed by atoms with Gasteiger partial charge in [0.1, 0.15) is 0 Å². The maximum Gasteiger partial charge on any atom is -0.00257 e. The van der Waals surface area contributed by atoms with Crippen molar-refractivity contribution >= 4 is 0 Å². The second-order valence-electron chi connectivity index (χ2n) is 3.97. The molecule has 0 aromatic rings. The fraction of sp³-hybridized carbons (Fsp3) is 1.00. The molecular formula is C8H19N. The third-order valence-corrected chi connectivity index (χ3v) is 1.51. The van der Waals surface area contributed by atoms with E-state index >= 15 is 0 Å². The lowest BCUT2D eigenvalue weighted by molar-refractivity contribution is 0.298.